The summed E-state index contributed by atoms with van der Waals surface area (Å²) in [5, 5.41) is 28.4. The average molecular weight is 1950 g/mol. The molecule has 12 aromatic carbocycles. The normalized spacial score (nSPS) is 10.1. The highest BCUT2D eigenvalue weighted by Crippen LogP contribution is 2.37. The smallest absolute Gasteiger partial charge is 0.270 e. The van der Waals surface area contributed by atoms with Crippen molar-refractivity contribution in [2.24, 2.45) is 0 Å². The van der Waals surface area contributed by atoms with E-state index >= 15 is 0 Å². The fourth-order valence-electron chi connectivity index (χ4n) is 11.4. The van der Waals surface area contributed by atoms with Crippen LogP contribution in [-0.4, -0.2) is 89.3 Å². The third kappa shape index (κ3) is 30.6. The molecule has 0 atom stereocenters. The van der Waals surface area contributed by atoms with Crippen molar-refractivity contribution >= 4 is 172 Å². The topological polar surface area (TPSA) is 339 Å². The zero-order valence-electron chi connectivity index (χ0n) is 73.9. The van der Waals surface area contributed by atoms with Crippen molar-refractivity contribution in [3.63, 3.8) is 0 Å². The van der Waals surface area contributed by atoms with E-state index in [1.165, 1.54) is 81.8 Å². The zero-order valence-corrected chi connectivity index (χ0v) is 78.5. The number of methoxy groups -OCH3 is 2. The second-order valence-corrected chi connectivity index (χ2v) is 31.9. The number of halogens is 6. The Morgan fingerprint density at radius 1 is 0.313 bits per heavy atom. The monoisotopic (exact) mass is 1940 g/mol. The number of ether oxygens (including phenoxy) is 2. The third-order valence-corrected chi connectivity index (χ3v) is 20.2. The van der Waals surface area contributed by atoms with Gasteiger partial charge in [-0.3, -0.25) is 67.6 Å². The van der Waals surface area contributed by atoms with E-state index in [1.807, 2.05) is 43.3 Å². The maximum absolute atomic E-state index is 13.8. The molecule has 0 aliphatic heterocycles. The van der Waals surface area contributed by atoms with Crippen molar-refractivity contribution in [2.45, 2.75) is 48.5 Å². The summed E-state index contributed by atoms with van der Waals surface area (Å²) < 4.78 is 25.2. The molecule has 6 amide bonds. The molecule has 0 fully saturated rings. The number of non-ortho nitro benzene ring substituents is 1. The van der Waals surface area contributed by atoms with Crippen LogP contribution in [0.1, 0.15) is 143 Å². The van der Waals surface area contributed by atoms with E-state index in [-0.39, 0.29) is 91.3 Å². The van der Waals surface area contributed by atoms with Gasteiger partial charge < -0.3 is 41.4 Å². The summed E-state index contributed by atoms with van der Waals surface area (Å²) in [4.78, 5) is 157. The first-order chi connectivity index (χ1) is 63.5. The van der Waals surface area contributed by atoms with Gasteiger partial charge in [0.25, 0.3) is 41.1 Å². The Labute approximate surface area is 801 Å². The Morgan fingerprint density at radius 2 is 0.619 bits per heavy atom. The van der Waals surface area contributed by atoms with Gasteiger partial charge in [0.05, 0.1) is 75.0 Å². The molecule has 0 radical (unpaired) electrons. The van der Waals surface area contributed by atoms with Crippen LogP contribution in [0.2, 0.25) is 20.1 Å². The Hall–Kier alpha value is -15.5. The van der Waals surface area contributed by atoms with Crippen LogP contribution in [0, 0.1) is 22.9 Å². The van der Waals surface area contributed by atoms with Gasteiger partial charge in [-0.15, -0.1) is 0 Å². The highest BCUT2D eigenvalue weighted by Gasteiger charge is 2.26. The van der Waals surface area contributed by atoms with E-state index in [4.69, 9.17) is 55.9 Å². The summed E-state index contributed by atoms with van der Waals surface area (Å²) in [6.45, 7) is 32.8. The molecule has 0 unspecified atom stereocenters. The number of hydrogen-bond donors (Lipinski definition) is 6. The predicted octanol–water partition coefficient (Wildman–Crippen LogP) is 24.3. The van der Waals surface area contributed by atoms with E-state index in [2.05, 4.69) is 87.3 Å². The van der Waals surface area contributed by atoms with Gasteiger partial charge in [-0.05, 0) is 200 Å². The van der Waals surface area contributed by atoms with E-state index in [1.54, 1.807) is 198 Å². The fraction of sp³-hybridized carbons (Fsp3) is 0.0857. The van der Waals surface area contributed by atoms with Gasteiger partial charge in [0, 0.05) is 121 Å². The van der Waals surface area contributed by atoms with Gasteiger partial charge in [0.1, 0.15) is 5.82 Å². The molecule has 6 N–H and O–H groups in total. The van der Waals surface area contributed by atoms with Crippen LogP contribution in [0.3, 0.4) is 0 Å². The van der Waals surface area contributed by atoms with Crippen LogP contribution < -0.4 is 41.4 Å². The first-order valence-electron chi connectivity index (χ1n) is 40.1. The molecule has 0 saturated carbocycles. The lowest BCUT2D eigenvalue weighted by Gasteiger charge is -2.15. The molecule has 0 aromatic heterocycles. The number of aryl methyl sites for hydroxylation is 1. The predicted molar refractivity (Wildman–Crippen MR) is 531 cm³/mol. The summed E-state index contributed by atoms with van der Waals surface area (Å²) in [7, 11) is 2.95. The lowest BCUT2D eigenvalue weighted by molar-refractivity contribution is -0.384. The van der Waals surface area contributed by atoms with Gasteiger partial charge >= 0.3 is 0 Å². The number of amides is 6. The van der Waals surface area contributed by atoms with Crippen LogP contribution in [0.4, 0.5) is 44.2 Å². The second kappa shape index (κ2) is 50.6. The van der Waals surface area contributed by atoms with E-state index in [0.717, 1.165) is 16.1 Å². The molecular weight excluding hydrogens is 1860 g/mol. The van der Waals surface area contributed by atoms with Crippen molar-refractivity contribution in [1.82, 2.24) is 0 Å². The van der Waals surface area contributed by atoms with E-state index in [9.17, 15) is 72.0 Å². The van der Waals surface area contributed by atoms with Crippen LogP contribution in [0.25, 0.3) is 0 Å². The number of para-hydroxylation sites is 1. The number of nitro groups is 1. The molecule has 29 heteroatoms. The molecular formula is C105H89BrCl4FN7O16. The summed E-state index contributed by atoms with van der Waals surface area (Å²) in [5.74, 6) is -3.91. The number of carbonyl (C=O) groups excluding carboxylic acids is 12. The second-order valence-electron chi connectivity index (χ2n) is 29.3. The Bertz CT molecular complexity index is 6490. The van der Waals surface area contributed by atoms with Crippen molar-refractivity contribution < 1.29 is 76.3 Å². The number of nitrogens with one attached hydrogen (secondary N) is 6. The highest BCUT2D eigenvalue weighted by molar-refractivity contribution is 9.10. The lowest BCUT2D eigenvalue weighted by Crippen LogP contribution is -2.16. The Kier molecular flexibility index (Phi) is 39.9. The molecule has 134 heavy (non-hydrogen) atoms. The highest BCUT2D eigenvalue weighted by atomic mass is 79.9. The largest absolute Gasteiger partial charge is 0.493 e. The van der Waals surface area contributed by atoms with Gasteiger partial charge in [-0.1, -0.05) is 205 Å². The van der Waals surface area contributed by atoms with Crippen molar-refractivity contribution in [1.29, 1.82) is 0 Å². The molecule has 0 aliphatic rings. The number of nitro benzene ring substituents is 1. The SMILES string of the molecule is C=C(C)C(=O)Nc1cc(C)ccc1C(=O)c1ccccc1.C=C(C)C(=O)Nc1cc(OC)c(OC)cc1C(=O)c1ccc(Cl)cc1.C=C(C)C(=O)Nc1ccc(Cl)cc1C(=O)c1ccccc1Cl.C=C(C)C(=O)Nc1ccc(Cl)cc1C(=O)c1ccccc1F.C=C(C)C(=O)Nc1ccc([N+](=O)[O-])cc1C(=O)c1ccccc1.C=C(C)C(=O)Nc1ccccc1C(=O)c1ccc(Br)cc1. The summed E-state index contributed by atoms with van der Waals surface area (Å²) in [6, 6.07) is 71.5. The number of hydrogen-bond acceptors (Lipinski definition) is 16. The summed E-state index contributed by atoms with van der Waals surface area (Å²) >= 11 is 27.2. The van der Waals surface area contributed by atoms with Gasteiger partial charge in [0.2, 0.25) is 0 Å². The van der Waals surface area contributed by atoms with Crippen LogP contribution in [-0.2, 0) is 28.8 Å². The molecule has 0 aliphatic carbocycles. The number of benzene rings is 12. The van der Waals surface area contributed by atoms with Gasteiger partial charge in [-0.25, -0.2) is 4.39 Å². The van der Waals surface area contributed by atoms with E-state index < -0.39 is 40.0 Å². The van der Waals surface area contributed by atoms with Gasteiger partial charge in [-0.2, -0.15) is 0 Å². The minimum Gasteiger partial charge on any atom is -0.493 e. The third-order valence-electron chi connectivity index (χ3n) is 18.6. The summed E-state index contributed by atoms with van der Waals surface area (Å²) in [6.07, 6.45) is 0. The Balaban J connectivity index is 0.000000220. The molecule has 0 spiro atoms. The maximum atomic E-state index is 13.8. The van der Waals surface area contributed by atoms with E-state index in [0.29, 0.717) is 121 Å². The minimum absolute atomic E-state index is 0.0556. The maximum Gasteiger partial charge on any atom is 0.270 e. The average Bonchev–Trinajstić information content (AvgIpc) is 0.824. The van der Waals surface area contributed by atoms with Crippen molar-refractivity contribution in [2.75, 3.05) is 46.1 Å². The standard InChI is InChI=1S/C19H18ClNO4.C18H17NO2.C17H14BrNO2.C17H13Cl2NO2.C17H13ClFNO2.C17H14N2O4/c1-11(2)19(23)21-15-10-17(25-4)16(24-3)9-14(15)18(22)12-5-7-13(20)8-6-12;1-12(2)18(21)19-16-11-13(3)9-10-15(16)17(20)14-7-5-4-6-8-14;1-11(2)17(21)19-15-6-4-3-5-14(15)16(20)12-7-9-13(18)10-8-12;2*1-10(2)17(22)20-15-8-7-11(18)9-13(15)16(21)12-5-3-4-6-14(12)19;1-11(2)17(21)18-15-9-8-13(19(22)23)10-14(15)16(20)12-6-4-3-5-7-12/h5-10H,1H2,2-4H3,(H,21,23);4-11H,1H2,2-3H3,(H,19,21);3-10H,1H2,2H3,(H,19,21);2*3-9H,1H2,2H3,(H,20,22);3-10H,1H2,2H3,(H,18,21). The van der Waals surface area contributed by atoms with Crippen LogP contribution in [0.15, 0.2) is 344 Å². The quantitative estimate of drug-likeness (QED) is 0.0121. The zero-order chi connectivity index (χ0) is 98.9. The number of anilines is 6. The molecule has 0 bridgehead atoms. The molecule has 0 saturated heterocycles. The Morgan fingerprint density at radius 3 is 1.03 bits per heavy atom. The first-order valence-corrected chi connectivity index (χ1v) is 42.4. The number of rotatable bonds is 27. The number of carbonyl (C=O) groups is 12. The molecule has 12 rings (SSSR count). The van der Waals surface area contributed by atoms with Crippen LogP contribution >= 0.6 is 62.3 Å². The molecule has 23 nitrogen and oxygen atoms in total. The minimum atomic E-state index is -0.635. The van der Waals surface area contributed by atoms with Gasteiger partial charge in [0.15, 0.2) is 46.2 Å². The van der Waals surface area contributed by atoms with Crippen molar-refractivity contribution in [3.05, 3.63) is 453 Å². The van der Waals surface area contributed by atoms with Crippen molar-refractivity contribution in [3.8, 4) is 11.5 Å². The molecule has 12 aromatic rings. The van der Waals surface area contributed by atoms with Crippen LogP contribution in [0.5, 0.6) is 11.5 Å². The molecule has 682 valence electrons. The summed E-state index contributed by atoms with van der Waals surface area (Å²) in [5.41, 5.74) is 8.74. The number of nitrogens with zero attached hydrogens (tertiary/aromatic N) is 1. The fourth-order valence-corrected chi connectivity index (χ4v) is 12.4. The molecule has 0 heterocycles. The lowest BCUT2D eigenvalue weighted by atomic mass is 10.00. The number of ketones is 6. The first kappa shape index (κ1) is 106.